The number of carbonyl (C=O) groups is 1. The molecule has 3 aromatic rings. The summed E-state index contributed by atoms with van der Waals surface area (Å²) in [6, 6.07) is 11.5. The molecule has 0 fully saturated rings. The van der Waals surface area contributed by atoms with E-state index in [1.54, 1.807) is 6.26 Å². The van der Waals surface area contributed by atoms with Gasteiger partial charge in [0.1, 0.15) is 0 Å². The number of amides is 1. The quantitative estimate of drug-likeness (QED) is 0.672. The molecule has 2 aromatic heterocycles. The molecule has 0 unspecified atom stereocenters. The van der Waals surface area contributed by atoms with Crippen molar-refractivity contribution in [2.24, 2.45) is 0 Å². The summed E-state index contributed by atoms with van der Waals surface area (Å²) in [6.07, 6.45) is 1.61. The average Bonchev–Trinajstić information content (AvgIpc) is 3.24. The fourth-order valence-electron chi connectivity index (χ4n) is 2.44. The van der Waals surface area contributed by atoms with Gasteiger partial charge in [0.25, 0.3) is 0 Å². The van der Waals surface area contributed by atoms with E-state index >= 15 is 0 Å². The second-order valence-corrected chi connectivity index (χ2v) is 6.84. The van der Waals surface area contributed by atoms with E-state index in [1.807, 2.05) is 61.7 Å². The smallest absolute Gasteiger partial charge is 0.234 e. The van der Waals surface area contributed by atoms with Crippen molar-refractivity contribution in [1.82, 2.24) is 14.8 Å². The van der Waals surface area contributed by atoms with Crippen LogP contribution in [0.5, 0.6) is 0 Å². The standard InChI is InChI=1S/C18H20N4O2S/c1-12(2)22-17(15-9-6-10-24-15)20-21-18(22)25-11-16(23)19-14-8-5-4-7-13(14)3/h4-10,12H,11H2,1-3H3,(H,19,23). The van der Waals surface area contributed by atoms with Crippen LogP contribution in [0.4, 0.5) is 5.69 Å². The summed E-state index contributed by atoms with van der Waals surface area (Å²) in [5.74, 6) is 1.52. The van der Waals surface area contributed by atoms with Crippen molar-refractivity contribution in [1.29, 1.82) is 0 Å². The summed E-state index contributed by atoms with van der Waals surface area (Å²) in [5.41, 5.74) is 1.86. The Balaban J connectivity index is 1.71. The van der Waals surface area contributed by atoms with Gasteiger partial charge in [0.2, 0.25) is 11.7 Å². The van der Waals surface area contributed by atoms with Crippen LogP contribution >= 0.6 is 11.8 Å². The Hall–Kier alpha value is -2.54. The number of benzene rings is 1. The largest absolute Gasteiger partial charge is 0.461 e. The van der Waals surface area contributed by atoms with Crippen LogP contribution in [0.2, 0.25) is 0 Å². The number of furan rings is 1. The molecule has 0 aliphatic carbocycles. The maximum absolute atomic E-state index is 12.2. The lowest BCUT2D eigenvalue weighted by Crippen LogP contribution is -2.15. The molecular weight excluding hydrogens is 336 g/mol. The lowest BCUT2D eigenvalue weighted by molar-refractivity contribution is -0.113. The first-order chi connectivity index (χ1) is 12.1. The van der Waals surface area contributed by atoms with E-state index in [4.69, 9.17) is 4.42 Å². The van der Waals surface area contributed by atoms with Crippen molar-refractivity contribution in [2.45, 2.75) is 32.0 Å². The van der Waals surface area contributed by atoms with E-state index < -0.39 is 0 Å². The second kappa shape index (κ2) is 7.57. The number of para-hydroxylation sites is 1. The van der Waals surface area contributed by atoms with E-state index in [9.17, 15) is 4.79 Å². The topological polar surface area (TPSA) is 73.0 Å². The van der Waals surface area contributed by atoms with E-state index in [2.05, 4.69) is 15.5 Å². The highest BCUT2D eigenvalue weighted by Crippen LogP contribution is 2.28. The minimum atomic E-state index is -0.0721. The van der Waals surface area contributed by atoms with Gasteiger partial charge < -0.3 is 9.73 Å². The first-order valence-electron chi connectivity index (χ1n) is 8.03. The lowest BCUT2D eigenvalue weighted by atomic mass is 10.2. The zero-order valence-electron chi connectivity index (χ0n) is 14.4. The van der Waals surface area contributed by atoms with Crippen LogP contribution in [0.15, 0.2) is 52.2 Å². The summed E-state index contributed by atoms with van der Waals surface area (Å²) in [5, 5.41) is 12.1. The van der Waals surface area contributed by atoms with Crippen molar-refractivity contribution in [3.63, 3.8) is 0 Å². The lowest BCUT2D eigenvalue weighted by Gasteiger charge is -2.12. The molecule has 7 heteroatoms. The zero-order chi connectivity index (χ0) is 17.8. The molecule has 1 aromatic carbocycles. The summed E-state index contributed by atoms with van der Waals surface area (Å²) >= 11 is 1.36. The van der Waals surface area contributed by atoms with Crippen LogP contribution in [-0.4, -0.2) is 26.4 Å². The van der Waals surface area contributed by atoms with Crippen LogP contribution in [0.1, 0.15) is 25.5 Å². The van der Waals surface area contributed by atoms with Crippen molar-refractivity contribution in [3.05, 3.63) is 48.2 Å². The number of aromatic nitrogens is 3. The number of nitrogens with one attached hydrogen (secondary N) is 1. The minimum absolute atomic E-state index is 0.0721. The number of anilines is 1. The molecule has 0 aliphatic rings. The number of carbonyl (C=O) groups excluding carboxylic acids is 1. The van der Waals surface area contributed by atoms with Gasteiger partial charge in [-0.25, -0.2) is 0 Å². The van der Waals surface area contributed by atoms with Crippen LogP contribution in [0.3, 0.4) is 0 Å². The minimum Gasteiger partial charge on any atom is -0.461 e. The second-order valence-electron chi connectivity index (χ2n) is 5.90. The number of hydrogen-bond donors (Lipinski definition) is 1. The Bertz CT molecular complexity index is 856. The van der Waals surface area contributed by atoms with Gasteiger partial charge >= 0.3 is 0 Å². The summed E-state index contributed by atoms with van der Waals surface area (Å²) < 4.78 is 7.41. The summed E-state index contributed by atoms with van der Waals surface area (Å²) in [6.45, 7) is 6.06. The molecule has 2 heterocycles. The van der Waals surface area contributed by atoms with Gasteiger partial charge in [-0.05, 0) is 44.5 Å². The maximum atomic E-state index is 12.2. The van der Waals surface area contributed by atoms with Crippen LogP contribution in [0.25, 0.3) is 11.6 Å². The molecule has 3 rings (SSSR count). The van der Waals surface area contributed by atoms with E-state index in [1.165, 1.54) is 11.8 Å². The zero-order valence-corrected chi connectivity index (χ0v) is 15.2. The summed E-state index contributed by atoms with van der Waals surface area (Å²) in [7, 11) is 0. The van der Waals surface area contributed by atoms with E-state index in [0.717, 1.165) is 11.3 Å². The molecule has 0 aliphatic heterocycles. The number of rotatable bonds is 6. The molecule has 0 spiro atoms. The van der Waals surface area contributed by atoms with Crippen molar-refractivity contribution in [2.75, 3.05) is 11.1 Å². The average molecular weight is 356 g/mol. The third kappa shape index (κ3) is 3.93. The molecule has 0 bridgehead atoms. The SMILES string of the molecule is Cc1ccccc1NC(=O)CSc1nnc(-c2ccco2)n1C(C)C. The normalized spacial score (nSPS) is 11.0. The molecule has 6 nitrogen and oxygen atoms in total. The number of hydrogen-bond acceptors (Lipinski definition) is 5. The van der Waals surface area contributed by atoms with Gasteiger partial charge in [0.15, 0.2) is 10.9 Å². The van der Waals surface area contributed by atoms with Crippen molar-refractivity contribution >= 4 is 23.4 Å². The fraction of sp³-hybridized carbons (Fsp3) is 0.278. The van der Waals surface area contributed by atoms with Crippen LogP contribution < -0.4 is 5.32 Å². The molecule has 0 atom stereocenters. The van der Waals surface area contributed by atoms with Gasteiger partial charge in [0.05, 0.1) is 12.0 Å². The molecule has 1 amide bonds. The van der Waals surface area contributed by atoms with E-state index in [0.29, 0.717) is 16.7 Å². The van der Waals surface area contributed by atoms with Crippen molar-refractivity contribution < 1.29 is 9.21 Å². The Morgan fingerprint density at radius 1 is 1.24 bits per heavy atom. The summed E-state index contributed by atoms with van der Waals surface area (Å²) in [4.78, 5) is 12.2. The van der Waals surface area contributed by atoms with Crippen LogP contribution in [0, 0.1) is 6.92 Å². The predicted octanol–water partition coefficient (Wildman–Crippen LogP) is 4.16. The molecule has 0 saturated carbocycles. The molecule has 25 heavy (non-hydrogen) atoms. The Kier molecular flexibility index (Phi) is 5.23. The van der Waals surface area contributed by atoms with Crippen molar-refractivity contribution in [3.8, 4) is 11.6 Å². The fourth-order valence-corrected chi connectivity index (χ4v) is 3.31. The third-order valence-corrected chi connectivity index (χ3v) is 4.62. The monoisotopic (exact) mass is 356 g/mol. The maximum Gasteiger partial charge on any atom is 0.234 e. The molecule has 0 saturated heterocycles. The molecular formula is C18H20N4O2S. The van der Waals surface area contributed by atoms with Gasteiger partial charge in [0, 0.05) is 11.7 Å². The third-order valence-electron chi connectivity index (χ3n) is 3.67. The van der Waals surface area contributed by atoms with Crippen LogP contribution in [-0.2, 0) is 4.79 Å². The van der Waals surface area contributed by atoms with E-state index in [-0.39, 0.29) is 17.7 Å². The first-order valence-corrected chi connectivity index (χ1v) is 9.02. The highest BCUT2D eigenvalue weighted by atomic mass is 32.2. The Morgan fingerprint density at radius 3 is 2.72 bits per heavy atom. The van der Waals surface area contributed by atoms with Gasteiger partial charge in [-0.2, -0.15) is 0 Å². The molecule has 0 radical (unpaired) electrons. The molecule has 1 N–H and O–H groups in total. The predicted molar refractivity (Wildman–Crippen MR) is 98.6 cm³/mol. The highest BCUT2D eigenvalue weighted by Gasteiger charge is 2.19. The number of aryl methyl sites for hydroxylation is 1. The number of nitrogens with zero attached hydrogens (tertiary/aromatic N) is 3. The Labute approximate surface area is 150 Å². The number of thioether (sulfide) groups is 1. The van der Waals surface area contributed by atoms with Gasteiger partial charge in [-0.1, -0.05) is 30.0 Å². The highest BCUT2D eigenvalue weighted by molar-refractivity contribution is 7.99. The van der Waals surface area contributed by atoms with Gasteiger partial charge in [-0.15, -0.1) is 10.2 Å². The Morgan fingerprint density at radius 2 is 2.04 bits per heavy atom. The molecule has 130 valence electrons. The van der Waals surface area contributed by atoms with Gasteiger partial charge in [-0.3, -0.25) is 9.36 Å². The first kappa shape index (κ1) is 17.3.